The van der Waals surface area contributed by atoms with Gasteiger partial charge in [-0.05, 0) is 60.2 Å². The molecule has 0 aromatic rings. The molecule has 1 aliphatic rings. The number of hydrogen-bond donors (Lipinski definition) is 0. The van der Waals surface area contributed by atoms with E-state index in [1.165, 1.54) is 25.7 Å². The average molecular weight is 252 g/mol. The van der Waals surface area contributed by atoms with Crippen molar-refractivity contribution in [2.24, 2.45) is 34.5 Å². The van der Waals surface area contributed by atoms with Gasteiger partial charge in [-0.2, -0.15) is 0 Å². The van der Waals surface area contributed by atoms with Crippen molar-refractivity contribution in [1.29, 1.82) is 0 Å². The lowest BCUT2D eigenvalue weighted by Gasteiger charge is -2.37. The molecule has 0 nitrogen and oxygen atoms in total. The SMILES string of the molecule is CC(C)C(C)(C)C(C)CCC(C)C1(C(C)C)CC1. The van der Waals surface area contributed by atoms with Gasteiger partial charge in [-0.15, -0.1) is 0 Å². The van der Waals surface area contributed by atoms with Crippen LogP contribution in [-0.2, 0) is 0 Å². The zero-order chi connectivity index (χ0) is 14.1. The van der Waals surface area contributed by atoms with E-state index in [0.717, 1.165) is 23.7 Å². The van der Waals surface area contributed by atoms with Gasteiger partial charge in [0.05, 0.1) is 0 Å². The van der Waals surface area contributed by atoms with Crippen LogP contribution in [0.3, 0.4) is 0 Å². The van der Waals surface area contributed by atoms with Crippen molar-refractivity contribution in [2.45, 2.75) is 81.1 Å². The summed E-state index contributed by atoms with van der Waals surface area (Å²) in [5, 5.41) is 0. The number of rotatable bonds is 7. The van der Waals surface area contributed by atoms with E-state index in [9.17, 15) is 0 Å². The van der Waals surface area contributed by atoms with Crippen LogP contribution in [0.5, 0.6) is 0 Å². The highest BCUT2D eigenvalue weighted by Crippen LogP contribution is 2.59. The summed E-state index contributed by atoms with van der Waals surface area (Å²) in [5.41, 5.74) is 1.19. The van der Waals surface area contributed by atoms with Crippen LogP contribution in [-0.4, -0.2) is 0 Å². The van der Waals surface area contributed by atoms with Crippen LogP contribution < -0.4 is 0 Å². The fourth-order valence-corrected chi connectivity index (χ4v) is 3.51. The molecule has 1 rings (SSSR count). The van der Waals surface area contributed by atoms with Crippen molar-refractivity contribution >= 4 is 0 Å². The van der Waals surface area contributed by atoms with Crippen LogP contribution in [0, 0.1) is 34.5 Å². The van der Waals surface area contributed by atoms with E-state index in [-0.39, 0.29) is 0 Å². The summed E-state index contributed by atoms with van der Waals surface area (Å²) in [7, 11) is 0. The fourth-order valence-electron chi connectivity index (χ4n) is 3.51. The van der Waals surface area contributed by atoms with Crippen molar-refractivity contribution in [3.63, 3.8) is 0 Å². The average Bonchev–Trinajstić information content (AvgIpc) is 3.05. The first-order valence-corrected chi connectivity index (χ1v) is 8.14. The quantitative estimate of drug-likeness (QED) is 0.509. The molecule has 0 aliphatic heterocycles. The summed E-state index contributed by atoms with van der Waals surface area (Å²) in [6.07, 6.45) is 5.79. The third-order valence-corrected chi connectivity index (χ3v) is 6.75. The molecule has 0 spiro atoms. The Kier molecular flexibility index (Phi) is 4.95. The summed E-state index contributed by atoms with van der Waals surface area (Å²) in [6, 6.07) is 0. The lowest BCUT2D eigenvalue weighted by atomic mass is 9.68. The summed E-state index contributed by atoms with van der Waals surface area (Å²) in [6.45, 7) is 19.4. The highest BCUT2D eigenvalue weighted by Gasteiger charge is 2.49. The first kappa shape index (κ1) is 16.1. The maximum atomic E-state index is 2.50. The Morgan fingerprint density at radius 2 is 1.39 bits per heavy atom. The Bertz CT molecular complexity index is 239. The Labute approximate surface area is 116 Å². The minimum atomic E-state index is 0.480. The summed E-state index contributed by atoms with van der Waals surface area (Å²) in [4.78, 5) is 0. The first-order valence-electron chi connectivity index (χ1n) is 8.14. The molecule has 0 N–H and O–H groups in total. The Morgan fingerprint density at radius 1 is 0.889 bits per heavy atom. The topological polar surface area (TPSA) is 0 Å². The molecule has 0 radical (unpaired) electrons. The maximum absolute atomic E-state index is 2.50. The van der Waals surface area contributed by atoms with Gasteiger partial charge >= 0.3 is 0 Å². The van der Waals surface area contributed by atoms with E-state index in [4.69, 9.17) is 0 Å². The van der Waals surface area contributed by atoms with Gasteiger partial charge in [0.25, 0.3) is 0 Å². The second kappa shape index (κ2) is 5.55. The number of hydrogen-bond acceptors (Lipinski definition) is 0. The van der Waals surface area contributed by atoms with Crippen molar-refractivity contribution in [1.82, 2.24) is 0 Å². The summed E-state index contributed by atoms with van der Waals surface area (Å²) in [5.74, 6) is 3.41. The lowest BCUT2D eigenvalue weighted by Crippen LogP contribution is -2.29. The third kappa shape index (κ3) is 3.11. The van der Waals surface area contributed by atoms with Crippen molar-refractivity contribution in [2.75, 3.05) is 0 Å². The van der Waals surface area contributed by atoms with Crippen LogP contribution in [0.1, 0.15) is 81.1 Å². The standard InChI is InChI=1S/C18H36/c1-13(2)17(7,8)15(5)9-10-16(6)18(11-12-18)14(3)4/h13-16H,9-12H2,1-8H3. The second-order valence-corrected chi connectivity index (χ2v) is 8.24. The van der Waals surface area contributed by atoms with Crippen molar-refractivity contribution in [3.05, 3.63) is 0 Å². The molecule has 1 saturated carbocycles. The second-order valence-electron chi connectivity index (χ2n) is 8.24. The largest absolute Gasteiger partial charge is 0.0623 e. The monoisotopic (exact) mass is 252 g/mol. The Balaban J connectivity index is 2.46. The normalized spacial score (nSPS) is 22.3. The molecule has 0 aromatic carbocycles. The lowest BCUT2D eigenvalue weighted by molar-refractivity contribution is 0.125. The van der Waals surface area contributed by atoms with E-state index in [1.807, 2.05) is 0 Å². The van der Waals surface area contributed by atoms with Gasteiger partial charge < -0.3 is 0 Å². The Hall–Kier alpha value is 0. The minimum absolute atomic E-state index is 0.480. The van der Waals surface area contributed by atoms with Crippen LogP contribution in [0.2, 0.25) is 0 Å². The summed E-state index contributed by atoms with van der Waals surface area (Å²) >= 11 is 0. The van der Waals surface area contributed by atoms with E-state index >= 15 is 0 Å². The predicted molar refractivity (Wildman–Crippen MR) is 82.7 cm³/mol. The van der Waals surface area contributed by atoms with Gasteiger partial charge in [0, 0.05) is 0 Å². The van der Waals surface area contributed by atoms with Crippen LogP contribution in [0.15, 0.2) is 0 Å². The molecule has 1 fully saturated rings. The van der Waals surface area contributed by atoms with E-state index in [1.54, 1.807) is 0 Å². The van der Waals surface area contributed by atoms with Crippen molar-refractivity contribution in [3.8, 4) is 0 Å². The molecule has 108 valence electrons. The zero-order valence-corrected chi connectivity index (χ0v) is 14.1. The van der Waals surface area contributed by atoms with Gasteiger partial charge in [-0.25, -0.2) is 0 Å². The third-order valence-electron chi connectivity index (χ3n) is 6.75. The predicted octanol–water partition coefficient (Wildman–Crippen LogP) is 6.16. The molecule has 0 amide bonds. The molecule has 0 saturated heterocycles. The molecular weight excluding hydrogens is 216 g/mol. The van der Waals surface area contributed by atoms with Crippen LogP contribution in [0.4, 0.5) is 0 Å². The minimum Gasteiger partial charge on any atom is -0.0623 e. The fraction of sp³-hybridized carbons (Fsp3) is 1.00. The first-order chi connectivity index (χ1) is 8.14. The van der Waals surface area contributed by atoms with Crippen LogP contribution >= 0.6 is 0 Å². The highest BCUT2D eigenvalue weighted by molar-refractivity contribution is 4.99. The molecular formula is C18H36. The molecule has 2 atom stereocenters. The molecule has 0 heteroatoms. The van der Waals surface area contributed by atoms with E-state index in [2.05, 4.69) is 55.4 Å². The smallest absolute Gasteiger partial charge is 0.0248 e. The van der Waals surface area contributed by atoms with Gasteiger partial charge in [0.15, 0.2) is 0 Å². The van der Waals surface area contributed by atoms with Gasteiger partial charge in [0.2, 0.25) is 0 Å². The molecule has 0 heterocycles. The zero-order valence-electron chi connectivity index (χ0n) is 14.1. The van der Waals surface area contributed by atoms with Gasteiger partial charge in [0.1, 0.15) is 0 Å². The van der Waals surface area contributed by atoms with Crippen LogP contribution in [0.25, 0.3) is 0 Å². The molecule has 0 bridgehead atoms. The highest BCUT2D eigenvalue weighted by atomic mass is 14.5. The molecule has 2 unspecified atom stereocenters. The Morgan fingerprint density at radius 3 is 1.72 bits per heavy atom. The van der Waals surface area contributed by atoms with Gasteiger partial charge in [-0.1, -0.05) is 55.4 Å². The van der Waals surface area contributed by atoms with Gasteiger partial charge in [-0.3, -0.25) is 0 Å². The van der Waals surface area contributed by atoms with E-state index < -0.39 is 0 Å². The molecule has 1 aliphatic carbocycles. The van der Waals surface area contributed by atoms with Crippen molar-refractivity contribution < 1.29 is 0 Å². The summed E-state index contributed by atoms with van der Waals surface area (Å²) < 4.78 is 0. The molecule has 0 aromatic heterocycles. The van der Waals surface area contributed by atoms with E-state index in [0.29, 0.717) is 10.8 Å². The molecule has 18 heavy (non-hydrogen) atoms. The maximum Gasteiger partial charge on any atom is -0.0248 e.